The fourth-order valence-electron chi connectivity index (χ4n) is 1.81. The lowest BCUT2D eigenvalue weighted by molar-refractivity contribution is -0.126. The maximum absolute atomic E-state index is 11.5. The number of nitrogens with zero attached hydrogens (tertiary/aromatic N) is 1. The molecular weight excluding hydrogens is 214 g/mol. The van der Waals surface area contributed by atoms with E-state index in [1.54, 1.807) is 0 Å². The van der Waals surface area contributed by atoms with Crippen molar-refractivity contribution in [3.63, 3.8) is 0 Å². The first-order chi connectivity index (χ1) is 7.19. The van der Waals surface area contributed by atoms with E-state index < -0.39 is 10.8 Å². The Morgan fingerprint density at radius 2 is 2.13 bits per heavy atom. The molecule has 0 bridgehead atoms. The van der Waals surface area contributed by atoms with Gasteiger partial charge in [-0.25, -0.2) is 5.84 Å². The van der Waals surface area contributed by atoms with E-state index in [2.05, 4.69) is 10.3 Å². The minimum Gasteiger partial charge on any atom is -0.293 e. The summed E-state index contributed by atoms with van der Waals surface area (Å²) >= 11 is 0. The van der Waals surface area contributed by atoms with Crippen LogP contribution in [-0.4, -0.2) is 45.7 Å². The van der Waals surface area contributed by atoms with Crippen molar-refractivity contribution in [1.29, 1.82) is 0 Å². The van der Waals surface area contributed by atoms with Crippen molar-refractivity contribution in [2.24, 2.45) is 5.84 Å². The molecule has 88 valence electrons. The summed E-state index contributed by atoms with van der Waals surface area (Å²) in [4.78, 5) is 13.6. The molecule has 1 heterocycles. The molecule has 1 aliphatic rings. The molecule has 1 atom stereocenters. The largest absolute Gasteiger partial charge is 0.293 e. The molecule has 0 aromatic rings. The zero-order valence-electron chi connectivity index (χ0n) is 9.07. The van der Waals surface area contributed by atoms with Crippen LogP contribution in [0.2, 0.25) is 0 Å². The zero-order chi connectivity index (χ0) is 11.3. The van der Waals surface area contributed by atoms with Crippen molar-refractivity contribution in [2.45, 2.75) is 25.8 Å². The monoisotopic (exact) mass is 233 g/mol. The van der Waals surface area contributed by atoms with Crippen molar-refractivity contribution in [3.05, 3.63) is 0 Å². The molecule has 0 aliphatic carbocycles. The number of amides is 1. The van der Waals surface area contributed by atoms with Crippen LogP contribution in [-0.2, 0) is 15.6 Å². The summed E-state index contributed by atoms with van der Waals surface area (Å²) in [7, 11) is -0.701. The van der Waals surface area contributed by atoms with Crippen molar-refractivity contribution >= 4 is 16.7 Å². The summed E-state index contributed by atoms with van der Waals surface area (Å²) in [6.07, 6.45) is 1.74. The van der Waals surface area contributed by atoms with E-state index in [4.69, 9.17) is 5.84 Å². The highest BCUT2D eigenvalue weighted by Gasteiger charge is 2.27. The highest BCUT2D eigenvalue weighted by molar-refractivity contribution is 7.85. The van der Waals surface area contributed by atoms with Gasteiger partial charge >= 0.3 is 0 Å². The molecule has 1 fully saturated rings. The second-order valence-corrected chi connectivity index (χ2v) is 5.39. The van der Waals surface area contributed by atoms with Crippen molar-refractivity contribution in [2.75, 3.05) is 24.6 Å². The van der Waals surface area contributed by atoms with Gasteiger partial charge in [0.25, 0.3) is 5.91 Å². The van der Waals surface area contributed by atoms with E-state index >= 15 is 0 Å². The lowest BCUT2D eigenvalue weighted by atomic mass is 10.1. The smallest absolute Gasteiger partial charge is 0.251 e. The van der Waals surface area contributed by atoms with Crippen LogP contribution in [0.3, 0.4) is 0 Å². The Morgan fingerprint density at radius 3 is 2.60 bits per heavy atom. The number of carbonyl (C=O) groups excluding carboxylic acids is 1. The molecule has 0 saturated carbocycles. The van der Waals surface area contributed by atoms with Gasteiger partial charge in [-0.05, 0) is 6.42 Å². The van der Waals surface area contributed by atoms with E-state index in [0.29, 0.717) is 11.5 Å². The molecule has 6 heteroatoms. The first kappa shape index (κ1) is 12.6. The topological polar surface area (TPSA) is 75.4 Å². The van der Waals surface area contributed by atoms with Gasteiger partial charge in [-0.3, -0.25) is 19.3 Å². The first-order valence-corrected chi connectivity index (χ1v) is 6.77. The second-order valence-electron chi connectivity index (χ2n) is 3.70. The van der Waals surface area contributed by atoms with Gasteiger partial charge < -0.3 is 0 Å². The maximum Gasteiger partial charge on any atom is 0.251 e. The van der Waals surface area contributed by atoms with Crippen molar-refractivity contribution < 1.29 is 9.00 Å². The normalized spacial score (nSPS) is 21.2. The number of hydrazine groups is 1. The molecule has 5 nitrogen and oxygen atoms in total. The summed E-state index contributed by atoms with van der Waals surface area (Å²) in [6, 6.07) is -0.155. The summed E-state index contributed by atoms with van der Waals surface area (Å²) in [5.74, 6) is 6.35. The Bertz CT molecular complexity index is 238. The molecular formula is C9H19N3O2S. The van der Waals surface area contributed by atoms with Crippen LogP contribution in [0.15, 0.2) is 0 Å². The maximum atomic E-state index is 11.5. The predicted octanol–water partition coefficient (Wildman–Crippen LogP) is -0.791. The third kappa shape index (κ3) is 3.55. The van der Waals surface area contributed by atoms with Crippen LogP contribution in [0, 0.1) is 0 Å². The number of rotatable bonds is 4. The molecule has 0 aromatic carbocycles. The quantitative estimate of drug-likeness (QED) is 0.379. The molecule has 15 heavy (non-hydrogen) atoms. The minimum absolute atomic E-state index is 0.135. The summed E-state index contributed by atoms with van der Waals surface area (Å²) in [5, 5.41) is 0. The third-order valence-corrected chi connectivity index (χ3v) is 3.94. The van der Waals surface area contributed by atoms with Crippen LogP contribution in [0.5, 0.6) is 0 Å². The number of nitrogens with two attached hydrogens (primary N) is 1. The van der Waals surface area contributed by atoms with Crippen LogP contribution in [0.25, 0.3) is 0 Å². The lowest BCUT2D eigenvalue weighted by Crippen LogP contribution is -2.52. The molecule has 0 radical (unpaired) electrons. The van der Waals surface area contributed by atoms with E-state index in [9.17, 15) is 9.00 Å². The highest BCUT2D eigenvalue weighted by Crippen LogP contribution is 2.10. The Hall–Kier alpha value is -0.460. The number of hydrogen-bond donors (Lipinski definition) is 2. The van der Waals surface area contributed by atoms with Crippen molar-refractivity contribution in [1.82, 2.24) is 10.3 Å². The van der Waals surface area contributed by atoms with E-state index in [1.165, 1.54) is 0 Å². The van der Waals surface area contributed by atoms with Crippen LogP contribution in [0.1, 0.15) is 19.8 Å². The Morgan fingerprint density at radius 1 is 1.53 bits per heavy atom. The zero-order valence-corrected chi connectivity index (χ0v) is 9.89. The van der Waals surface area contributed by atoms with E-state index in [0.717, 1.165) is 25.9 Å². The number of nitrogens with one attached hydrogen (secondary N) is 1. The molecule has 1 rings (SSSR count). The molecule has 1 amide bonds. The van der Waals surface area contributed by atoms with Gasteiger partial charge in [0.05, 0.1) is 6.04 Å². The summed E-state index contributed by atoms with van der Waals surface area (Å²) in [5.41, 5.74) is 2.20. The number of hydrogen-bond acceptors (Lipinski definition) is 4. The Balaban J connectivity index is 2.55. The van der Waals surface area contributed by atoms with Gasteiger partial charge in [-0.2, -0.15) is 0 Å². The highest BCUT2D eigenvalue weighted by atomic mass is 32.2. The van der Waals surface area contributed by atoms with Crippen LogP contribution in [0.4, 0.5) is 0 Å². The Labute approximate surface area is 92.8 Å². The van der Waals surface area contributed by atoms with Gasteiger partial charge in [0.15, 0.2) is 0 Å². The van der Waals surface area contributed by atoms with Gasteiger partial charge in [-0.15, -0.1) is 0 Å². The molecule has 3 N–H and O–H groups in total. The lowest BCUT2D eigenvalue weighted by Gasteiger charge is -2.32. The average Bonchev–Trinajstić information content (AvgIpc) is 2.26. The Kier molecular flexibility index (Phi) is 5.21. The second kappa shape index (κ2) is 6.19. The van der Waals surface area contributed by atoms with Crippen LogP contribution >= 0.6 is 0 Å². The minimum atomic E-state index is -0.701. The standard InChI is InChI=1S/C9H19N3O2S/c1-2-3-8(9(13)11-10)12-4-6-15(14)7-5-12/h8H,2-7,10H2,1H3,(H,11,13). The molecule has 0 spiro atoms. The molecule has 0 aromatic heterocycles. The SMILES string of the molecule is CCCC(C(=O)NN)N1CCS(=O)CC1. The first-order valence-electron chi connectivity index (χ1n) is 5.28. The summed E-state index contributed by atoms with van der Waals surface area (Å²) < 4.78 is 11.2. The molecule has 1 unspecified atom stereocenters. The van der Waals surface area contributed by atoms with Crippen molar-refractivity contribution in [3.8, 4) is 0 Å². The van der Waals surface area contributed by atoms with Gasteiger partial charge in [0, 0.05) is 35.4 Å². The van der Waals surface area contributed by atoms with Crippen LogP contribution < -0.4 is 11.3 Å². The van der Waals surface area contributed by atoms with Gasteiger partial charge in [0.1, 0.15) is 0 Å². The van der Waals surface area contributed by atoms with Gasteiger partial charge in [-0.1, -0.05) is 13.3 Å². The fraction of sp³-hybridized carbons (Fsp3) is 0.889. The predicted molar refractivity (Wildman–Crippen MR) is 60.5 cm³/mol. The average molecular weight is 233 g/mol. The van der Waals surface area contributed by atoms with E-state index in [1.807, 2.05) is 6.92 Å². The van der Waals surface area contributed by atoms with E-state index in [-0.39, 0.29) is 11.9 Å². The summed E-state index contributed by atoms with van der Waals surface area (Å²) in [6.45, 7) is 3.49. The third-order valence-electron chi connectivity index (χ3n) is 2.66. The molecule has 1 saturated heterocycles. The fourth-order valence-corrected chi connectivity index (χ4v) is 2.89. The van der Waals surface area contributed by atoms with Gasteiger partial charge in [0.2, 0.25) is 0 Å². The molecule has 1 aliphatic heterocycles. The number of carbonyl (C=O) groups is 1.